The lowest BCUT2D eigenvalue weighted by Gasteiger charge is -2.22. The highest BCUT2D eigenvalue weighted by molar-refractivity contribution is 5.89. The molecule has 0 spiro atoms. The first-order chi connectivity index (χ1) is 8.15. The summed E-state index contributed by atoms with van der Waals surface area (Å²) in [7, 11) is 0. The number of rotatable bonds is 3. The molecule has 1 saturated heterocycles. The van der Waals surface area contributed by atoms with Crippen molar-refractivity contribution in [3.8, 4) is 0 Å². The topological polar surface area (TPSA) is 61.5 Å². The van der Waals surface area contributed by atoms with Gasteiger partial charge in [0.05, 0.1) is 24.3 Å². The summed E-state index contributed by atoms with van der Waals surface area (Å²) in [6.07, 6.45) is 0.811. The molecule has 1 aliphatic rings. The monoisotopic (exact) mass is 235 g/mol. The number of carbonyl (C=O) groups excluding carboxylic acids is 1. The van der Waals surface area contributed by atoms with Crippen LogP contribution in [0.3, 0.4) is 0 Å². The molecule has 1 aromatic carbocycles. The van der Waals surface area contributed by atoms with Crippen LogP contribution in [0.5, 0.6) is 0 Å². The summed E-state index contributed by atoms with van der Waals surface area (Å²) in [6.45, 7) is 3.40. The Morgan fingerprint density at radius 2 is 2.18 bits per heavy atom. The van der Waals surface area contributed by atoms with E-state index in [1.165, 1.54) is 0 Å². The Hall–Kier alpha value is -1.39. The molecule has 1 unspecified atom stereocenters. The third-order valence-electron chi connectivity index (χ3n) is 3.02. The van der Waals surface area contributed by atoms with Gasteiger partial charge in [0, 0.05) is 6.61 Å². The molecule has 0 saturated carbocycles. The smallest absolute Gasteiger partial charge is 0.338 e. The van der Waals surface area contributed by atoms with Crippen LogP contribution in [-0.2, 0) is 15.0 Å². The summed E-state index contributed by atoms with van der Waals surface area (Å²) in [6, 6.07) is 7.25. The van der Waals surface area contributed by atoms with Gasteiger partial charge in [-0.1, -0.05) is 12.1 Å². The van der Waals surface area contributed by atoms with E-state index in [-0.39, 0.29) is 5.97 Å². The standard InChI is InChI=1S/C13H17NO3/c1-2-17-12(15)10-3-5-11(6-4-10)13(14)7-8-16-9-13/h3-6H,2,7-9,14H2,1H3. The van der Waals surface area contributed by atoms with Crippen LogP contribution < -0.4 is 5.73 Å². The SMILES string of the molecule is CCOC(=O)c1ccc(C2(N)CCOC2)cc1. The van der Waals surface area contributed by atoms with Crippen LogP contribution in [0.15, 0.2) is 24.3 Å². The van der Waals surface area contributed by atoms with Crippen LogP contribution in [-0.4, -0.2) is 25.8 Å². The number of benzene rings is 1. The van der Waals surface area contributed by atoms with Crippen LogP contribution >= 0.6 is 0 Å². The molecule has 1 heterocycles. The summed E-state index contributed by atoms with van der Waals surface area (Å²) in [4.78, 5) is 11.5. The van der Waals surface area contributed by atoms with Crippen LogP contribution in [0.25, 0.3) is 0 Å². The van der Waals surface area contributed by atoms with Gasteiger partial charge in [0.25, 0.3) is 0 Å². The molecule has 2 rings (SSSR count). The minimum atomic E-state index is -0.410. The Kier molecular flexibility index (Phi) is 3.45. The second kappa shape index (κ2) is 4.85. The second-order valence-electron chi connectivity index (χ2n) is 4.26. The van der Waals surface area contributed by atoms with E-state index in [0.29, 0.717) is 25.4 Å². The van der Waals surface area contributed by atoms with E-state index in [0.717, 1.165) is 12.0 Å². The number of hydrogen-bond acceptors (Lipinski definition) is 4. The van der Waals surface area contributed by atoms with Gasteiger partial charge in [-0.25, -0.2) is 4.79 Å². The lowest BCUT2D eigenvalue weighted by molar-refractivity contribution is 0.0526. The third-order valence-corrected chi connectivity index (χ3v) is 3.02. The van der Waals surface area contributed by atoms with Gasteiger partial charge in [-0.3, -0.25) is 0 Å². The van der Waals surface area contributed by atoms with E-state index in [2.05, 4.69) is 0 Å². The normalized spacial score (nSPS) is 23.6. The minimum Gasteiger partial charge on any atom is -0.462 e. The van der Waals surface area contributed by atoms with Gasteiger partial charge in [0.1, 0.15) is 0 Å². The Labute approximate surface area is 101 Å². The fourth-order valence-corrected chi connectivity index (χ4v) is 1.96. The molecule has 0 aliphatic carbocycles. The average Bonchev–Trinajstić information content (AvgIpc) is 2.78. The van der Waals surface area contributed by atoms with Crippen molar-refractivity contribution in [2.24, 2.45) is 5.73 Å². The Morgan fingerprint density at radius 3 is 2.71 bits per heavy atom. The van der Waals surface area contributed by atoms with E-state index >= 15 is 0 Å². The van der Waals surface area contributed by atoms with Gasteiger partial charge in [0.2, 0.25) is 0 Å². The van der Waals surface area contributed by atoms with Gasteiger partial charge in [-0.2, -0.15) is 0 Å². The molecule has 0 radical (unpaired) electrons. The van der Waals surface area contributed by atoms with E-state index in [1.807, 2.05) is 12.1 Å². The summed E-state index contributed by atoms with van der Waals surface area (Å²) >= 11 is 0. The van der Waals surface area contributed by atoms with Gasteiger partial charge >= 0.3 is 5.97 Å². The zero-order valence-corrected chi connectivity index (χ0v) is 9.94. The van der Waals surface area contributed by atoms with E-state index in [4.69, 9.17) is 15.2 Å². The molecular formula is C13H17NO3. The van der Waals surface area contributed by atoms with Crippen molar-refractivity contribution < 1.29 is 14.3 Å². The Morgan fingerprint density at radius 1 is 1.47 bits per heavy atom. The molecule has 1 aromatic rings. The summed E-state index contributed by atoms with van der Waals surface area (Å²) in [5, 5.41) is 0. The first-order valence-corrected chi connectivity index (χ1v) is 5.80. The van der Waals surface area contributed by atoms with Crippen molar-refractivity contribution >= 4 is 5.97 Å². The Bertz CT molecular complexity index is 394. The maximum Gasteiger partial charge on any atom is 0.338 e. The molecule has 17 heavy (non-hydrogen) atoms. The molecule has 4 nitrogen and oxygen atoms in total. The summed E-state index contributed by atoms with van der Waals surface area (Å²) in [5.41, 5.74) is 7.37. The van der Waals surface area contributed by atoms with E-state index < -0.39 is 5.54 Å². The fourth-order valence-electron chi connectivity index (χ4n) is 1.96. The minimum absolute atomic E-state index is 0.298. The van der Waals surface area contributed by atoms with Crippen molar-refractivity contribution in [2.75, 3.05) is 19.8 Å². The van der Waals surface area contributed by atoms with E-state index in [9.17, 15) is 4.79 Å². The quantitative estimate of drug-likeness (QED) is 0.805. The zero-order chi connectivity index (χ0) is 12.3. The first kappa shape index (κ1) is 12.1. The number of ether oxygens (including phenoxy) is 2. The highest BCUT2D eigenvalue weighted by Crippen LogP contribution is 2.27. The summed E-state index contributed by atoms with van der Waals surface area (Å²) < 4.78 is 10.2. The van der Waals surface area contributed by atoms with Crippen molar-refractivity contribution in [1.82, 2.24) is 0 Å². The zero-order valence-electron chi connectivity index (χ0n) is 9.94. The molecule has 92 valence electrons. The lowest BCUT2D eigenvalue weighted by atomic mass is 9.90. The lowest BCUT2D eigenvalue weighted by Crippen LogP contribution is -2.36. The van der Waals surface area contributed by atoms with Crippen molar-refractivity contribution in [3.63, 3.8) is 0 Å². The summed E-state index contributed by atoms with van der Waals surface area (Å²) in [5.74, 6) is -0.298. The highest BCUT2D eigenvalue weighted by Gasteiger charge is 2.32. The molecule has 1 fully saturated rings. The van der Waals surface area contributed by atoms with Gasteiger partial charge in [-0.15, -0.1) is 0 Å². The van der Waals surface area contributed by atoms with Crippen LogP contribution in [0.1, 0.15) is 29.3 Å². The second-order valence-corrected chi connectivity index (χ2v) is 4.26. The fraction of sp³-hybridized carbons (Fsp3) is 0.462. The van der Waals surface area contributed by atoms with Crippen molar-refractivity contribution in [2.45, 2.75) is 18.9 Å². The molecule has 1 aliphatic heterocycles. The number of esters is 1. The van der Waals surface area contributed by atoms with Crippen LogP contribution in [0.2, 0.25) is 0 Å². The van der Waals surface area contributed by atoms with Crippen LogP contribution in [0.4, 0.5) is 0 Å². The number of carbonyl (C=O) groups is 1. The van der Waals surface area contributed by atoms with Gasteiger partial charge < -0.3 is 15.2 Å². The molecular weight excluding hydrogens is 218 g/mol. The average molecular weight is 235 g/mol. The molecule has 0 bridgehead atoms. The first-order valence-electron chi connectivity index (χ1n) is 5.80. The number of nitrogens with two attached hydrogens (primary N) is 1. The van der Waals surface area contributed by atoms with Crippen molar-refractivity contribution in [3.05, 3.63) is 35.4 Å². The molecule has 2 N–H and O–H groups in total. The molecule has 4 heteroatoms. The van der Waals surface area contributed by atoms with Gasteiger partial charge in [0.15, 0.2) is 0 Å². The Balaban J connectivity index is 2.15. The number of hydrogen-bond donors (Lipinski definition) is 1. The van der Waals surface area contributed by atoms with Gasteiger partial charge in [-0.05, 0) is 31.0 Å². The molecule has 1 atom stereocenters. The predicted molar refractivity (Wildman–Crippen MR) is 63.7 cm³/mol. The largest absolute Gasteiger partial charge is 0.462 e. The maximum atomic E-state index is 11.5. The van der Waals surface area contributed by atoms with E-state index in [1.54, 1.807) is 19.1 Å². The predicted octanol–water partition coefficient (Wildman–Crippen LogP) is 1.44. The maximum absolute atomic E-state index is 11.5. The van der Waals surface area contributed by atoms with Crippen LogP contribution in [0, 0.1) is 0 Å². The highest BCUT2D eigenvalue weighted by atomic mass is 16.5. The third kappa shape index (κ3) is 2.48. The molecule has 0 aromatic heterocycles. The van der Waals surface area contributed by atoms with Crippen molar-refractivity contribution in [1.29, 1.82) is 0 Å². The molecule has 0 amide bonds.